The van der Waals surface area contributed by atoms with Crippen LogP contribution in [0.15, 0.2) is 70.4 Å². The van der Waals surface area contributed by atoms with Gasteiger partial charge in [-0.1, -0.05) is 34.1 Å². The molecule has 2 aromatic carbocycles. The van der Waals surface area contributed by atoms with Crippen LogP contribution in [0, 0.1) is 21.4 Å². The van der Waals surface area contributed by atoms with E-state index in [0.717, 1.165) is 10.0 Å². The number of nitrogens with one attached hydrogen (secondary N) is 1. The van der Waals surface area contributed by atoms with Gasteiger partial charge in [-0.05, 0) is 30.3 Å². The molecule has 9 heteroatoms. The predicted octanol–water partition coefficient (Wildman–Crippen LogP) is 4.65. The average molecular weight is 452 g/mol. The maximum atomic E-state index is 11.1. The zero-order chi connectivity index (χ0) is 20.6. The zero-order valence-electron chi connectivity index (χ0n) is 14.9. The summed E-state index contributed by atoms with van der Waals surface area (Å²) in [5, 5.41) is 24.3. The molecule has 0 amide bonds. The number of hydrogen-bond acceptors (Lipinski definition) is 7. The smallest absolute Gasteiger partial charge is 0.313 e. The second-order valence-electron chi connectivity index (χ2n) is 5.74. The summed E-state index contributed by atoms with van der Waals surface area (Å²) in [6, 6.07) is 17.5. The summed E-state index contributed by atoms with van der Waals surface area (Å²) in [4.78, 5) is 14.4. The second kappa shape index (κ2) is 9.43. The molecule has 0 spiro atoms. The van der Waals surface area contributed by atoms with Crippen molar-refractivity contribution in [2.45, 2.75) is 6.61 Å². The Morgan fingerprint density at radius 3 is 2.90 bits per heavy atom. The maximum absolute atomic E-state index is 11.1. The molecule has 3 rings (SSSR count). The van der Waals surface area contributed by atoms with Crippen LogP contribution in [-0.4, -0.2) is 16.1 Å². The van der Waals surface area contributed by atoms with Crippen molar-refractivity contribution in [1.29, 1.82) is 5.26 Å². The Balaban J connectivity index is 1.78. The Labute approximate surface area is 174 Å². The van der Waals surface area contributed by atoms with Crippen LogP contribution in [0.25, 0.3) is 0 Å². The molecular formula is C20H14BrN5O3. The Morgan fingerprint density at radius 1 is 1.28 bits per heavy atom. The van der Waals surface area contributed by atoms with Crippen molar-refractivity contribution < 1.29 is 9.66 Å². The van der Waals surface area contributed by atoms with Crippen LogP contribution in [0.4, 0.5) is 11.5 Å². The second-order valence-corrected chi connectivity index (χ2v) is 6.65. The van der Waals surface area contributed by atoms with Gasteiger partial charge in [-0.25, -0.2) is 4.98 Å². The number of benzene rings is 2. The lowest BCUT2D eigenvalue weighted by molar-refractivity contribution is -0.384. The molecule has 1 N–H and O–H groups in total. The number of hydrazone groups is 1. The van der Waals surface area contributed by atoms with Crippen LogP contribution < -0.4 is 10.2 Å². The number of anilines is 1. The topological polar surface area (TPSA) is 113 Å². The lowest BCUT2D eigenvalue weighted by Gasteiger charge is -2.10. The highest BCUT2D eigenvalue weighted by Crippen LogP contribution is 2.24. The van der Waals surface area contributed by atoms with Crippen molar-refractivity contribution in [3.05, 3.63) is 92.1 Å². The normalized spacial score (nSPS) is 10.5. The van der Waals surface area contributed by atoms with Crippen LogP contribution in [0.2, 0.25) is 0 Å². The summed E-state index contributed by atoms with van der Waals surface area (Å²) in [5.41, 5.74) is 4.36. The molecule has 0 aliphatic carbocycles. The Bertz CT molecular complexity index is 1110. The van der Waals surface area contributed by atoms with Crippen molar-refractivity contribution in [2.24, 2.45) is 5.10 Å². The molecule has 0 unspecified atom stereocenters. The van der Waals surface area contributed by atoms with E-state index in [9.17, 15) is 15.4 Å². The first-order valence-electron chi connectivity index (χ1n) is 8.37. The van der Waals surface area contributed by atoms with E-state index in [1.165, 1.54) is 24.5 Å². The third-order valence-electron chi connectivity index (χ3n) is 3.85. The van der Waals surface area contributed by atoms with Gasteiger partial charge in [-0.15, -0.1) is 0 Å². The van der Waals surface area contributed by atoms with Gasteiger partial charge >= 0.3 is 5.69 Å². The minimum atomic E-state index is -0.537. The van der Waals surface area contributed by atoms with Crippen LogP contribution in [-0.2, 0) is 6.61 Å². The number of rotatable bonds is 7. The van der Waals surface area contributed by atoms with Gasteiger partial charge in [-0.2, -0.15) is 10.4 Å². The molecule has 0 atom stereocenters. The summed E-state index contributed by atoms with van der Waals surface area (Å²) in [7, 11) is 0. The predicted molar refractivity (Wildman–Crippen MR) is 112 cm³/mol. The molecule has 1 aromatic heterocycles. The van der Waals surface area contributed by atoms with E-state index >= 15 is 0 Å². The molecule has 144 valence electrons. The molecule has 0 aliphatic rings. The van der Waals surface area contributed by atoms with E-state index in [2.05, 4.69) is 37.5 Å². The number of ether oxygens (including phenoxy) is 1. The minimum absolute atomic E-state index is 0.0363. The molecule has 8 nitrogen and oxygen atoms in total. The van der Waals surface area contributed by atoms with E-state index in [-0.39, 0.29) is 18.1 Å². The lowest BCUT2D eigenvalue weighted by atomic mass is 10.1. The summed E-state index contributed by atoms with van der Waals surface area (Å²) < 4.78 is 6.68. The Kier molecular flexibility index (Phi) is 6.50. The van der Waals surface area contributed by atoms with E-state index < -0.39 is 4.92 Å². The number of nitrogens with zero attached hydrogens (tertiary/aromatic N) is 4. The van der Waals surface area contributed by atoms with Crippen molar-refractivity contribution in [1.82, 2.24) is 4.98 Å². The fraction of sp³-hybridized carbons (Fsp3) is 0.0500. The summed E-state index contributed by atoms with van der Waals surface area (Å²) >= 11 is 3.40. The van der Waals surface area contributed by atoms with Gasteiger partial charge in [0.2, 0.25) is 5.82 Å². The molecule has 0 saturated carbocycles. The zero-order valence-corrected chi connectivity index (χ0v) is 16.5. The molecule has 3 aromatic rings. The van der Waals surface area contributed by atoms with Crippen molar-refractivity contribution in [2.75, 3.05) is 5.43 Å². The third-order valence-corrected chi connectivity index (χ3v) is 4.34. The number of aromatic nitrogens is 1. The molecule has 1 heterocycles. The Hall–Kier alpha value is -3.77. The highest BCUT2D eigenvalue weighted by Gasteiger charge is 2.13. The molecule has 0 fully saturated rings. The molecular weight excluding hydrogens is 438 g/mol. The number of nitriles is 1. The molecule has 0 aliphatic heterocycles. The van der Waals surface area contributed by atoms with Gasteiger partial charge in [0.1, 0.15) is 12.4 Å². The first-order valence-corrected chi connectivity index (χ1v) is 9.16. The van der Waals surface area contributed by atoms with E-state index in [1.54, 1.807) is 24.3 Å². The fourth-order valence-electron chi connectivity index (χ4n) is 2.46. The number of halogens is 1. The number of nitro groups is 1. The number of pyridine rings is 1. The summed E-state index contributed by atoms with van der Waals surface area (Å²) in [6.07, 6.45) is 2.92. The first kappa shape index (κ1) is 20.0. The quantitative estimate of drug-likeness (QED) is 0.317. The minimum Gasteiger partial charge on any atom is -0.488 e. The Morgan fingerprint density at radius 2 is 2.10 bits per heavy atom. The van der Waals surface area contributed by atoms with Crippen molar-refractivity contribution in [3.63, 3.8) is 0 Å². The van der Waals surface area contributed by atoms with Gasteiger partial charge in [-0.3, -0.25) is 15.5 Å². The largest absolute Gasteiger partial charge is 0.488 e. The van der Waals surface area contributed by atoms with Gasteiger partial charge in [0, 0.05) is 27.9 Å². The van der Waals surface area contributed by atoms with Gasteiger partial charge in [0.25, 0.3) is 0 Å². The van der Waals surface area contributed by atoms with Crippen molar-refractivity contribution in [3.8, 4) is 11.8 Å². The highest BCUT2D eigenvalue weighted by atomic mass is 79.9. The van der Waals surface area contributed by atoms with Gasteiger partial charge in [0.15, 0.2) is 0 Å². The lowest BCUT2D eigenvalue weighted by Crippen LogP contribution is -2.02. The van der Waals surface area contributed by atoms with Gasteiger partial charge in [0.05, 0.1) is 22.8 Å². The van der Waals surface area contributed by atoms with Crippen LogP contribution >= 0.6 is 15.9 Å². The third kappa shape index (κ3) is 5.15. The molecule has 29 heavy (non-hydrogen) atoms. The van der Waals surface area contributed by atoms with E-state index in [1.807, 2.05) is 18.2 Å². The van der Waals surface area contributed by atoms with Crippen LogP contribution in [0.5, 0.6) is 5.75 Å². The fourth-order valence-corrected chi connectivity index (χ4v) is 2.83. The van der Waals surface area contributed by atoms with E-state index in [4.69, 9.17) is 4.74 Å². The SMILES string of the molecule is N#Cc1ccccc1COc1ccc(Br)cc1/C=N\Nc1ncccc1[N+](=O)[O-]. The monoisotopic (exact) mass is 451 g/mol. The van der Waals surface area contributed by atoms with Crippen molar-refractivity contribution >= 4 is 33.6 Å². The summed E-state index contributed by atoms with van der Waals surface area (Å²) in [6.45, 7) is 0.214. The van der Waals surface area contributed by atoms with Crippen LogP contribution in [0.3, 0.4) is 0 Å². The first-order chi connectivity index (χ1) is 14.1. The maximum Gasteiger partial charge on any atom is 0.313 e. The van der Waals surface area contributed by atoms with Gasteiger partial charge < -0.3 is 4.74 Å². The van der Waals surface area contributed by atoms with Crippen LogP contribution in [0.1, 0.15) is 16.7 Å². The highest BCUT2D eigenvalue weighted by molar-refractivity contribution is 9.10. The molecule has 0 radical (unpaired) electrons. The average Bonchev–Trinajstić information content (AvgIpc) is 2.73. The standard InChI is InChI=1S/C20H14BrN5O3/c21-17-7-8-19(29-13-15-5-2-1-4-14(15)11-22)16(10-17)12-24-25-20-18(26(27)28)6-3-9-23-20/h1-10,12H,13H2,(H,23,25)/b24-12-. The van der Waals surface area contributed by atoms with E-state index in [0.29, 0.717) is 16.9 Å². The molecule has 0 saturated heterocycles. The molecule has 0 bridgehead atoms. The summed E-state index contributed by atoms with van der Waals surface area (Å²) in [5.74, 6) is 0.580. The number of hydrogen-bond donors (Lipinski definition) is 1.